The zero-order valence-corrected chi connectivity index (χ0v) is 14.7. The minimum atomic E-state index is -3.71. The molecule has 0 fully saturated rings. The third kappa shape index (κ3) is 3.30. The van der Waals surface area contributed by atoms with Crippen LogP contribution in [0.2, 0.25) is 0 Å². The maximum atomic E-state index is 12.7. The van der Waals surface area contributed by atoms with Crippen molar-refractivity contribution in [2.75, 3.05) is 4.72 Å². The van der Waals surface area contributed by atoms with Crippen LogP contribution in [-0.2, 0) is 10.0 Å². The van der Waals surface area contributed by atoms with Gasteiger partial charge >= 0.3 is 0 Å². The van der Waals surface area contributed by atoms with Gasteiger partial charge in [0.15, 0.2) is 0 Å². The lowest BCUT2D eigenvalue weighted by molar-refractivity contribution is 0.600. The SMILES string of the molecule is Cc1ccc(S(=O)(=O)Nc2ccccc2-n2cccn2)c(Br)c1. The summed E-state index contributed by atoms with van der Waals surface area (Å²) in [7, 11) is -3.71. The molecule has 0 aliphatic heterocycles. The first-order chi connectivity index (χ1) is 11.0. The number of anilines is 1. The summed E-state index contributed by atoms with van der Waals surface area (Å²) in [5.41, 5.74) is 2.10. The number of sulfonamides is 1. The normalized spacial score (nSPS) is 11.4. The van der Waals surface area contributed by atoms with Crippen molar-refractivity contribution < 1.29 is 8.42 Å². The Morgan fingerprint density at radius 3 is 2.61 bits per heavy atom. The predicted molar refractivity (Wildman–Crippen MR) is 93.3 cm³/mol. The molecule has 0 unspecified atom stereocenters. The number of nitrogens with zero attached hydrogens (tertiary/aromatic N) is 2. The van der Waals surface area contributed by atoms with Gasteiger partial charge in [0.05, 0.1) is 11.4 Å². The second-order valence-corrected chi connectivity index (χ2v) is 7.51. The number of para-hydroxylation sites is 2. The number of rotatable bonds is 4. The third-order valence-corrected chi connectivity index (χ3v) is 5.62. The Labute approximate surface area is 143 Å². The molecule has 1 aromatic heterocycles. The van der Waals surface area contributed by atoms with Gasteiger partial charge in [-0.1, -0.05) is 18.2 Å². The molecular weight excluding hydrogens is 378 g/mol. The van der Waals surface area contributed by atoms with E-state index in [1.807, 2.05) is 13.0 Å². The summed E-state index contributed by atoms with van der Waals surface area (Å²) in [5.74, 6) is 0. The molecule has 0 spiro atoms. The molecule has 0 amide bonds. The molecule has 1 heterocycles. The van der Waals surface area contributed by atoms with Gasteiger partial charge in [0.1, 0.15) is 4.90 Å². The first-order valence-corrected chi connectivity index (χ1v) is 9.13. The first-order valence-electron chi connectivity index (χ1n) is 6.85. The lowest BCUT2D eigenvalue weighted by atomic mass is 10.2. The zero-order valence-electron chi connectivity index (χ0n) is 12.3. The molecule has 0 atom stereocenters. The Hall–Kier alpha value is -2.12. The average Bonchev–Trinajstić information content (AvgIpc) is 3.01. The predicted octanol–water partition coefficient (Wildman–Crippen LogP) is 3.74. The highest BCUT2D eigenvalue weighted by molar-refractivity contribution is 9.10. The molecule has 2 aromatic carbocycles. The first kappa shape index (κ1) is 15.8. The molecule has 0 bridgehead atoms. The van der Waals surface area contributed by atoms with Gasteiger partial charge in [-0.3, -0.25) is 4.72 Å². The molecule has 0 aliphatic rings. The zero-order chi connectivity index (χ0) is 16.4. The molecule has 3 rings (SSSR count). The molecule has 7 heteroatoms. The Morgan fingerprint density at radius 2 is 1.91 bits per heavy atom. The molecule has 118 valence electrons. The van der Waals surface area contributed by atoms with Crippen molar-refractivity contribution in [2.24, 2.45) is 0 Å². The molecule has 5 nitrogen and oxygen atoms in total. The molecule has 0 aliphatic carbocycles. The van der Waals surface area contributed by atoms with Crippen LogP contribution in [0.3, 0.4) is 0 Å². The standard InChI is InChI=1S/C16H14BrN3O2S/c1-12-7-8-16(13(17)11-12)23(21,22)19-14-5-2-3-6-15(14)20-10-4-9-18-20/h2-11,19H,1H3. The molecule has 0 saturated carbocycles. The van der Waals surface area contributed by atoms with Crippen molar-refractivity contribution in [1.29, 1.82) is 0 Å². The van der Waals surface area contributed by atoms with Crippen molar-refractivity contribution in [3.8, 4) is 5.69 Å². The lowest BCUT2D eigenvalue weighted by Gasteiger charge is -2.13. The van der Waals surface area contributed by atoms with E-state index < -0.39 is 10.0 Å². The fraction of sp³-hybridized carbons (Fsp3) is 0.0625. The van der Waals surface area contributed by atoms with E-state index in [0.29, 0.717) is 15.8 Å². The second kappa shape index (κ2) is 6.17. The van der Waals surface area contributed by atoms with E-state index in [1.165, 1.54) is 0 Å². The van der Waals surface area contributed by atoms with Gasteiger partial charge in [0, 0.05) is 16.9 Å². The number of halogens is 1. The van der Waals surface area contributed by atoms with E-state index in [-0.39, 0.29) is 4.90 Å². The summed E-state index contributed by atoms with van der Waals surface area (Å²) in [4.78, 5) is 0.193. The number of nitrogens with one attached hydrogen (secondary N) is 1. The Morgan fingerprint density at radius 1 is 1.13 bits per heavy atom. The van der Waals surface area contributed by atoms with Crippen LogP contribution in [0.1, 0.15) is 5.56 Å². The van der Waals surface area contributed by atoms with E-state index in [4.69, 9.17) is 0 Å². The molecule has 23 heavy (non-hydrogen) atoms. The molecular formula is C16H14BrN3O2S. The van der Waals surface area contributed by atoms with Gasteiger partial charge in [0.25, 0.3) is 10.0 Å². The molecule has 3 aromatic rings. The molecule has 0 radical (unpaired) electrons. The highest BCUT2D eigenvalue weighted by atomic mass is 79.9. The van der Waals surface area contributed by atoms with Crippen LogP contribution in [0.15, 0.2) is 70.3 Å². The maximum Gasteiger partial charge on any atom is 0.263 e. The van der Waals surface area contributed by atoms with Gasteiger partial charge in [-0.05, 0) is 58.7 Å². The second-order valence-electron chi connectivity index (χ2n) is 5.01. The average molecular weight is 392 g/mol. The van der Waals surface area contributed by atoms with Crippen LogP contribution in [0, 0.1) is 6.92 Å². The topological polar surface area (TPSA) is 64.0 Å². The minimum absolute atomic E-state index is 0.193. The van der Waals surface area contributed by atoms with Crippen molar-refractivity contribution >= 4 is 31.6 Å². The maximum absolute atomic E-state index is 12.7. The number of hydrogen-bond donors (Lipinski definition) is 1. The van der Waals surface area contributed by atoms with Crippen LogP contribution in [0.5, 0.6) is 0 Å². The quantitative estimate of drug-likeness (QED) is 0.736. The summed E-state index contributed by atoms with van der Waals surface area (Å²) in [6.45, 7) is 1.90. The number of benzene rings is 2. The monoisotopic (exact) mass is 391 g/mol. The molecule has 1 N–H and O–H groups in total. The van der Waals surface area contributed by atoms with Crippen LogP contribution in [0.4, 0.5) is 5.69 Å². The van der Waals surface area contributed by atoms with Gasteiger partial charge in [-0.15, -0.1) is 0 Å². The van der Waals surface area contributed by atoms with Crippen LogP contribution in [0.25, 0.3) is 5.69 Å². The van der Waals surface area contributed by atoms with Crippen LogP contribution < -0.4 is 4.72 Å². The van der Waals surface area contributed by atoms with Gasteiger partial charge in [-0.25, -0.2) is 13.1 Å². The van der Waals surface area contributed by atoms with Gasteiger partial charge < -0.3 is 0 Å². The van der Waals surface area contributed by atoms with Crippen LogP contribution in [-0.4, -0.2) is 18.2 Å². The number of hydrogen-bond acceptors (Lipinski definition) is 3. The van der Waals surface area contributed by atoms with Crippen molar-refractivity contribution in [1.82, 2.24) is 9.78 Å². The van der Waals surface area contributed by atoms with Crippen LogP contribution >= 0.6 is 15.9 Å². The largest absolute Gasteiger partial charge is 0.277 e. The van der Waals surface area contributed by atoms with Crippen molar-refractivity contribution in [3.05, 3.63) is 71.0 Å². The summed E-state index contributed by atoms with van der Waals surface area (Å²) >= 11 is 3.32. The van der Waals surface area contributed by atoms with E-state index in [9.17, 15) is 8.42 Å². The smallest absolute Gasteiger partial charge is 0.263 e. The molecule has 0 saturated heterocycles. The Balaban J connectivity index is 2.02. The Bertz CT molecular complexity index is 938. The fourth-order valence-electron chi connectivity index (χ4n) is 2.19. The number of aromatic nitrogens is 2. The van der Waals surface area contributed by atoms with E-state index in [0.717, 1.165) is 5.56 Å². The van der Waals surface area contributed by atoms with Gasteiger partial charge in [0.2, 0.25) is 0 Å². The highest BCUT2D eigenvalue weighted by Crippen LogP contribution is 2.27. The summed E-state index contributed by atoms with van der Waals surface area (Å²) in [6, 6.07) is 14.0. The van der Waals surface area contributed by atoms with E-state index in [2.05, 4.69) is 25.8 Å². The lowest BCUT2D eigenvalue weighted by Crippen LogP contribution is -2.15. The summed E-state index contributed by atoms with van der Waals surface area (Å²) < 4.78 is 30.1. The van der Waals surface area contributed by atoms with Crippen molar-refractivity contribution in [2.45, 2.75) is 11.8 Å². The van der Waals surface area contributed by atoms with E-state index >= 15 is 0 Å². The summed E-state index contributed by atoms with van der Waals surface area (Å²) in [6.07, 6.45) is 3.40. The Kier molecular flexibility index (Phi) is 4.23. The van der Waals surface area contributed by atoms with Crippen molar-refractivity contribution in [3.63, 3.8) is 0 Å². The minimum Gasteiger partial charge on any atom is -0.277 e. The van der Waals surface area contributed by atoms with E-state index in [1.54, 1.807) is 59.5 Å². The van der Waals surface area contributed by atoms with Gasteiger partial charge in [-0.2, -0.15) is 5.10 Å². The fourth-order valence-corrected chi connectivity index (χ4v) is 4.46. The highest BCUT2D eigenvalue weighted by Gasteiger charge is 2.19. The number of aryl methyl sites for hydroxylation is 1. The third-order valence-electron chi connectivity index (χ3n) is 3.28. The summed E-state index contributed by atoms with van der Waals surface area (Å²) in [5, 5.41) is 4.15.